The Balaban J connectivity index is 1.89. The predicted molar refractivity (Wildman–Crippen MR) is 72.6 cm³/mol. The molecular formula is C13H21N3O5. The summed E-state index contributed by atoms with van der Waals surface area (Å²) in [4.78, 5) is 37.4. The third-order valence-electron chi connectivity index (χ3n) is 4.12. The minimum atomic E-state index is -1.86. The van der Waals surface area contributed by atoms with Crippen LogP contribution in [0, 0.1) is 0 Å². The summed E-state index contributed by atoms with van der Waals surface area (Å²) in [5.41, 5.74) is -1.86. The Morgan fingerprint density at radius 1 is 1.24 bits per heavy atom. The van der Waals surface area contributed by atoms with E-state index >= 15 is 0 Å². The number of carbonyl (C=O) groups is 3. The molecule has 118 valence electrons. The van der Waals surface area contributed by atoms with Gasteiger partial charge in [-0.1, -0.05) is 0 Å². The molecule has 0 aromatic carbocycles. The quantitative estimate of drug-likeness (QED) is 0.620. The zero-order valence-corrected chi connectivity index (χ0v) is 12.0. The van der Waals surface area contributed by atoms with Crippen molar-refractivity contribution in [1.29, 1.82) is 0 Å². The number of nitrogens with zero attached hydrogens (tertiary/aromatic N) is 2. The molecule has 3 N–H and O–H groups in total. The summed E-state index contributed by atoms with van der Waals surface area (Å²) >= 11 is 0. The Bertz CT molecular complexity index is 455. The third kappa shape index (κ3) is 3.44. The van der Waals surface area contributed by atoms with Gasteiger partial charge in [-0.2, -0.15) is 0 Å². The van der Waals surface area contributed by atoms with Crippen molar-refractivity contribution < 1.29 is 24.6 Å². The highest BCUT2D eigenvalue weighted by molar-refractivity contribution is 5.80. The van der Waals surface area contributed by atoms with E-state index in [4.69, 9.17) is 5.11 Å². The normalized spacial score (nSPS) is 29.3. The number of carboxylic acids is 1. The van der Waals surface area contributed by atoms with Gasteiger partial charge in [-0.25, -0.2) is 9.59 Å². The van der Waals surface area contributed by atoms with Crippen LogP contribution in [0.5, 0.6) is 0 Å². The lowest BCUT2D eigenvalue weighted by Crippen LogP contribution is -2.57. The van der Waals surface area contributed by atoms with E-state index < -0.39 is 11.6 Å². The van der Waals surface area contributed by atoms with Crippen molar-refractivity contribution in [2.75, 3.05) is 26.2 Å². The molecule has 21 heavy (non-hydrogen) atoms. The summed E-state index contributed by atoms with van der Waals surface area (Å²) < 4.78 is 0. The monoisotopic (exact) mass is 299 g/mol. The van der Waals surface area contributed by atoms with E-state index in [1.165, 1.54) is 11.8 Å². The molecule has 0 aliphatic carbocycles. The molecule has 2 saturated heterocycles. The lowest BCUT2D eigenvalue weighted by molar-refractivity contribution is -0.162. The van der Waals surface area contributed by atoms with Gasteiger partial charge in [0.2, 0.25) is 5.91 Å². The lowest BCUT2D eigenvalue weighted by Gasteiger charge is -2.36. The van der Waals surface area contributed by atoms with Gasteiger partial charge in [0, 0.05) is 32.6 Å². The number of carbonyl (C=O) groups excluding carboxylic acids is 2. The number of rotatable bonds is 2. The van der Waals surface area contributed by atoms with Gasteiger partial charge < -0.3 is 25.3 Å². The predicted octanol–water partition coefficient (Wildman–Crippen LogP) is -0.772. The molecule has 2 atom stereocenters. The standard InChI is InChI=1S/C13H21N3O5/c1-9(17)15-6-3-10(7-15)14-12(20)16-5-2-4-13(21,8-16)11(18)19/h10,21H,2-8H2,1H3,(H,14,20)(H,18,19)/t10-,13?/m1/s1. The number of hydrogen-bond acceptors (Lipinski definition) is 4. The molecule has 2 fully saturated rings. The minimum absolute atomic E-state index is 0.0232. The van der Waals surface area contributed by atoms with Gasteiger partial charge in [-0.05, 0) is 19.3 Å². The molecule has 0 aromatic rings. The number of piperidine rings is 1. The second kappa shape index (κ2) is 5.88. The Labute approximate surface area is 122 Å². The smallest absolute Gasteiger partial charge is 0.337 e. The summed E-state index contributed by atoms with van der Waals surface area (Å²) in [7, 11) is 0. The van der Waals surface area contributed by atoms with Crippen molar-refractivity contribution in [2.24, 2.45) is 0 Å². The van der Waals surface area contributed by atoms with E-state index in [2.05, 4.69) is 5.32 Å². The van der Waals surface area contributed by atoms with Crippen LogP contribution in [0.15, 0.2) is 0 Å². The second-order valence-electron chi connectivity index (χ2n) is 5.76. The number of amides is 3. The Kier molecular flexibility index (Phi) is 4.36. The number of likely N-dealkylation sites (tertiary alicyclic amines) is 2. The number of carboxylic acid groups (broad SMARTS) is 1. The molecule has 3 amide bonds. The second-order valence-corrected chi connectivity index (χ2v) is 5.76. The molecule has 8 nitrogen and oxygen atoms in total. The van der Waals surface area contributed by atoms with Crippen molar-refractivity contribution in [3.05, 3.63) is 0 Å². The van der Waals surface area contributed by atoms with Crippen LogP contribution >= 0.6 is 0 Å². The summed E-state index contributed by atoms with van der Waals surface area (Å²) in [5, 5.41) is 21.8. The highest BCUT2D eigenvalue weighted by atomic mass is 16.4. The highest BCUT2D eigenvalue weighted by Crippen LogP contribution is 2.21. The first-order valence-electron chi connectivity index (χ1n) is 7.08. The summed E-state index contributed by atoms with van der Waals surface area (Å²) in [5.74, 6) is -1.33. The molecule has 2 heterocycles. The molecule has 2 aliphatic rings. The van der Waals surface area contributed by atoms with Crippen LogP contribution in [0.4, 0.5) is 4.79 Å². The van der Waals surface area contributed by atoms with Crippen molar-refractivity contribution in [2.45, 2.75) is 37.8 Å². The molecular weight excluding hydrogens is 278 g/mol. The SMILES string of the molecule is CC(=O)N1CC[C@@H](NC(=O)N2CCCC(O)(C(=O)O)C2)C1. The fourth-order valence-corrected chi connectivity index (χ4v) is 2.81. The molecule has 2 rings (SSSR count). The first-order valence-corrected chi connectivity index (χ1v) is 7.08. The van der Waals surface area contributed by atoms with Crippen molar-refractivity contribution in [3.8, 4) is 0 Å². The number of β-amino-alcohol motifs (C(OH)–C–C–N with tert-alkyl or cyclic N) is 1. The number of nitrogens with one attached hydrogen (secondary N) is 1. The van der Waals surface area contributed by atoms with Gasteiger partial charge in [0.05, 0.1) is 6.54 Å². The molecule has 1 unspecified atom stereocenters. The highest BCUT2D eigenvalue weighted by Gasteiger charge is 2.42. The van der Waals surface area contributed by atoms with Crippen LogP contribution in [-0.4, -0.2) is 75.7 Å². The van der Waals surface area contributed by atoms with Gasteiger partial charge in [0.1, 0.15) is 0 Å². The van der Waals surface area contributed by atoms with Crippen LogP contribution < -0.4 is 5.32 Å². The fourth-order valence-electron chi connectivity index (χ4n) is 2.81. The number of aliphatic hydroxyl groups is 1. The Morgan fingerprint density at radius 2 is 1.95 bits per heavy atom. The van der Waals surface area contributed by atoms with E-state index in [0.717, 1.165) is 0 Å². The van der Waals surface area contributed by atoms with E-state index in [9.17, 15) is 19.5 Å². The molecule has 0 bridgehead atoms. The average Bonchev–Trinajstić information content (AvgIpc) is 2.87. The number of aliphatic carboxylic acids is 1. The largest absolute Gasteiger partial charge is 0.479 e. The van der Waals surface area contributed by atoms with E-state index in [-0.39, 0.29) is 30.9 Å². The summed E-state index contributed by atoms with van der Waals surface area (Å²) in [6.45, 7) is 2.78. The number of urea groups is 1. The maximum Gasteiger partial charge on any atom is 0.337 e. The molecule has 0 saturated carbocycles. The Hall–Kier alpha value is -1.83. The van der Waals surface area contributed by atoms with Crippen molar-refractivity contribution in [3.63, 3.8) is 0 Å². The van der Waals surface area contributed by atoms with Crippen LogP contribution in [-0.2, 0) is 9.59 Å². The van der Waals surface area contributed by atoms with Crippen LogP contribution in [0.25, 0.3) is 0 Å². The maximum atomic E-state index is 12.1. The van der Waals surface area contributed by atoms with Crippen LogP contribution in [0.1, 0.15) is 26.2 Å². The third-order valence-corrected chi connectivity index (χ3v) is 4.12. The number of hydrogen-bond donors (Lipinski definition) is 3. The zero-order chi connectivity index (χ0) is 15.6. The van der Waals surface area contributed by atoms with E-state index in [1.54, 1.807) is 4.90 Å². The minimum Gasteiger partial charge on any atom is -0.479 e. The molecule has 8 heteroatoms. The first kappa shape index (κ1) is 15.6. The van der Waals surface area contributed by atoms with Gasteiger partial charge in [0.15, 0.2) is 5.60 Å². The van der Waals surface area contributed by atoms with E-state index in [1.807, 2.05) is 0 Å². The molecule has 0 spiro atoms. The van der Waals surface area contributed by atoms with Gasteiger partial charge in [-0.15, -0.1) is 0 Å². The average molecular weight is 299 g/mol. The van der Waals surface area contributed by atoms with Crippen molar-refractivity contribution >= 4 is 17.9 Å². The van der Waals surface area contributed by atoms with Gasteiger partial charge in [-0.3, -0.25) is 4.79 Å². The zero-order valence-electron chi connectivity index (χ0n) is 12.0. The fraction of sp³-hybridized carbons (Fsp3) is 0.769. The Morgan fingerprint density at radius 3 is 2.52 bits per heavy atom. The summed E-state index contributed by atoms with van der Waals surface area (Å²) in [6.07, 6.45) is 1.27. The first-order chi connectivity index (χ1) is 9.82. The van der Waals surface area contributed by atoms with Crippen molar-refractivity contribution in [1.82, 2.24) is 15.1 Å². The van der Waals surface area contributed by atoms with Gasteiger partial charge >= 0.3 is 12.0 Å². The van der Waals surface area contributed by atoms with Crippen LogP contribution in [0.2, 0.25) is 0 Å². The van der Waals surface area contributed by atoms with Gasteiger partial charge in [0.25, 0.3) is 0 Å². The topological polar surface area (TPSA) is 110 Å². The molecule has 0 aromatic heterocycles. The molecule has 2 aliphatic heterocycles. The molecule has 0 radical (unpaired) electrons. The van der Waals surface area contributed by atoms with E-state index in [0.29, 0.717) is 32.5 Å². The van der Waals surface area contributed by atoms with Crippen LogP contribution in [0.3, 0.4) is 0 Å². The lowest BCUT2D eigenvalue weighted by atomic mass is 9.93. The maximum absolute atomic E-state index is 12.1. The summed E-state index contributed by atoms with van der Waals surface area (Å²) in [6, 6.07) is -0.508.